The molecule has 0 bridgehead atoms. The molecule has 4 aliphatic heterocycles. The fourth-order valence-electron chi connectivity index (χ4n) is 8.70. The van der Waals surface area contributed by atoms with Crippen LogP contribution in [0.2, 0.25) is 5.02 Å². The number of amides is 1. The molecule has 4 fully saturated rings. The highest BCUT2D eigenvalue weighted by Crippen LogP contribution is 2.41. The fourth-order valence-corrected chi connectivity index (χ4v) is 8.99. The van der Waals surface area contributed by atoms with Crippen LogP contribution < -0.4 is 9.64 Å². The Morgan fingerprint density at radius 1 is 1.09 bits per heavy atom. The fraction of sp³-hybridized carbons (Fsp3) is 0.475. The summed E-state index contributed by atoms with van der Waals surface area (Å²) in [7, 11) is 2.11. The number of halogens is 3. The van der Waals surface area contributed by atoms with Gasteiger partial charge in [0.05, 0.1) is 29.5 Å². The van der Waals surface area contributed by atoms with Crippen molar-refractivity contribution in [3.05, 3.63) is 65.6 Å². The number of hydrogen-bond acceptors (Lipinski definition) is 10. The minimum absolute atomic E-state index is 0.0183. The molecular weight excluding hydrogens is 712 g/mol. The maximum Gasteiger partial charge on any atom is 0.319 e. The van der Waals surface area contributed by atoms with Gasteiger partial charge in [0, 0.05) is 93.6 Å². The first-order valence-electron chi connectivity index (χ1n) is 18.8. The van der Waals surface area contributed by atoms with Gasteiger partial charge in [-0.1, -0.05) is 48.0 Å². The van der Waals surface area contributed by atoms with Crippen LogP contribution in [0.25, 0.3) is 32.9 Å². The molecule has 14 heteroatoms. The number of ether oxygens (including phenoxy) is 1. The molecule has 4 aliphatic rings. The maximum absolute atomic E-state index is 16.9. The van der Waals surface area contributed by atoms with Crippen LogP contribution in [0.3, 0.4) is 0 Å². The number of likely N-dealkylation sites (N-methyl/N-ethyl adjacent to an activating group) is 1. The summed E-state index contributed by atoms with van der Waals surface area (Å²) in [5, 5.41) is 12.2. The van der Waals surface area contributed by atoms with Gasteiger partial charge < -0.3 is 19.4 Å². The Morgan fingerprint density at radius 2 is 1.91 bits per heavy atom. The Morgan fingerprint density at radius 3 is 2.72 bits per heavy atom. The van der Waals surface area contributed by atoms with Gasteiger partial charge in [-0.05, 0) is 37.9 Å². The van der Waals surface area contributed by atoms with Crippen LogP contribution in [0.5, 0.6) is 6.01 Å². The first-order chi connectivity index (χ1) is 26.2. The Kier molecular flexibility index (Phi) is 10.4. The van der Waals surface area contributed by atoms with E-state index in [1.807, 2.05) is 35.2 Å². The van der Waals surface area contributed by atoms with E-state index in [1.54, 1.807) is 29.3 Å². The van der Waals surface area contributed by atoms with E-state index in [2.05, 4.69) is 37.8 Å². The molecule has 0 radical (unpaired) electrons. The number of piperazine rings is 2. The van der Waals surface area contributed by atoms with Gasteiger partial charge in [0.1, 0.15) is 29.8 Å². The number of carbonyl (C=O) groups is 1. The van der Waals surface area contributed by atoms with Gasteiger partial charge in [0.15, 0.2) is 5.82 Å². The topological polar surface area (TPSA) is 105 Å². The summed E-state index contributed by atoms with van der Waals surface area (Å²) in [6.45, 7) is 6.95. The van der Waals surface area contributed by atoms with Crippen LogP contribution in [0, 0.1) is 17.1 Å². The van der Waals surface area contributed by atoms with Crippen LogP contribution in [0.15, 0.2) is 54.7 Å². The van der Waals surface area contributed by atoms with Crippen molar-refractivity contribution in [2.45, 2.75) is 43.4 Å². The van der Waals surface area contributed by atoms with E-state index in [0.717, 1.165) is 51.0 Å². The van der Waals surface area contributed by atoms with Crippen molar-refractivity contribution in [1.29, 1.82) is 5.26 Å². The predicted molar refractivity (Wildman–Crippen MR) is 205 cm³/mol. The lowest BCUT2D eigenvalue weighted by molar-refractivity contribution is -0.128. The van der Waals surface area contributed by atoms with Crippen molar-refractivity contribution in [2.24, 2.45) is 0 Å². The SMILES string of the molecule is CN1CCN(C/C=C/C(=O)N2CCN(c3nc(OC[C@@]45CCCN4C[C@H](F)C5)nc4c(F)c(-c5cccc6cccc(Cl)c56)ncc34)C[C@@H]2CC#N)CC1. The zero-order valence-corrected chi connectivity index (χ0v) is 31.2. The molecule has 2 aromatic heterocycles. The number of fused-ring (bicyclic) bond motifs is 3. The molecule has 11 nitrogen and oxygen atoms in total. The number of anilines is 1. The molecule has 54 heavy (non-hydrogen) atoms. The lowest BCUT2D eigenvalue weighted by Gasteiger charge is -2.41. The van der Waals surface area contributed by atoms with E-state index >= 15 is 4.39 Å². The summed E-state index contributed by atoms with van der Waals surface area (Å²) >= 11 is 6.64. The van der Waals surface area contributed by atoms with Crippen molar-refractivity contribution < 1.29 is 18.3 Å². The first kappa shape index (κ1) is 36.5. The average Bonchev–Trinajstić information content (AvgIpc) is 3.70. The van der Waals surface area contributed by atoms with Crippen molar-refractivity contribution in [2.75, 3.05) is 84.0 Å². The molecule has 0 aliphatic carbocycles. The number of alkyl halides is 1. The quantitative estimate of drug-likeness (QED) is 0.209. The summed E-state index contributed by atoms with van der Waals surface area (Å²) in [5.41, 5.74) is 0.195. The molecule has 8 rings (SSSR count). The van der Waals surface area contributed by atoms with Gasteiger partial charge in [0.25, 0.3) is 0 Å². The zero-order chi connectivity index (χ0) is 37.4. The van der Waals surface area contributed by atoms with Gasteiger partial charge in [-0.15, -0.1) is 0 Å². The molecular formula is C40H44ClF2N9O2. The second-order valence-electron chi connectivity index (χ2n) is 15.0. The van der Waals surface area contributed by atoms with Gasteiger partial charge in [-0.2, -0.15) is 15.2 Å². The standard InChI is InChI=1S/C40H44ClF2N9O2/c1-48-16-18-49(19-17-48)14-4-10-33(53)52-21-20-50(25-29(52)11-13-44)38-31-23-45-36(30-8-2-6-27-7-3-9-32(41)34(27)30)35(43)37(31)46-39(47-38)54-26-40-12-5-15-51(40)24-28(42)22-40/h2-4,6-10,23,28-29H,5,11-12,14-22,24-26H2,1H3/b10-4+/t28-,29+,40+/m1/s1. The lowest BCUT2D eigenvalue weighted by atomic mass is 9.95. The van der Waals surface area contributed by atoms with Crippen molar-refractivity contribution in [3.63, 3.8) is 0 Å². The molecule has 0 saturated carbocycles. The summed E-state index contributed by atoms with van der Waals surface area (Å²) in [6.07, 6.45) is 6.39. The van der Waals surface area contributed by atoms with E-state index in [9.17, 15) is 14.4 Å². The van der Waals surface area contributed by atoms with Crippen LogP contribution in [0.1, 0.15) is 25.7 Å². The first-order valence-corrected chi connectivity index (χ1v) is 19.2. The number of hydrogen-bond donors (Lipinski definition) is 0. The molecule has 0 spiro atoms. The number of carbonyl (C=O) groups excluding carboxylic acids is 1. The number of rotatable bonds is 9. The summed E-state index contributed by atoms with van der Waals surface area (Å²) in [6, 6.07) is 12.9. The highest BCUT2D eigenvalue weighted by molar-refractivity contribution is 6.36. The van der Waals surface area contributed by atoms with E-state index in [1.165, 1.54) is 0 Å². The van der Waals surface area contributed by atoms with Crippen LogP contribution >= 0.6 is 11.6 Å². The third-order valence-corrected chi connectivity index (χ3v) is 11.9. The molecule has 6 heterocycles. The molecule has 3 atom stereocenters. The second kappa shape index (κ2) is 15.3. The highest BCUT2D eigenvalue weighted by atomic mass is 35.5. The largest absolute Gasteiger partial charge is 0.461 e. The Labute approximate surface area is 318 Å². The Balaban J connectivity index is 1.12. The van der Waals surface area contributed by atoms with Crippen molar-refractivity contribution in [1.82, 2.24) is 34.6 Å². The number of aromatic nitrogens is 3. The van der Waals surface area contributed by atoms with Gasteiger partial charge >= 0.3 is 6.01 Å². The van der Waals surface area contributed by atoms with Crippen LogP contribution in [0.4, 0.5) is 14.6 Å². The molecule has 1 amide bonds. The van der Waals surface area contributed by atoms with E-state index < -0.39 is 23.6 Å². The number of pyridine rings is 1. The molecule has 0 unspecified atom stereocenters. The number of nitriles is 1. The zero-order valence-electron chi connectivity index (χ0n) is 30.4. The Hall–Kier alpha value is -4.48. The monoisotopic (exact) mass is 755 g/mol. The van der Waals surface area contributed by atoms with E-state index in [-0.39, 0.29) is 36.2 Å². The lowest BCUT2D eigenvalue weighted by Crippen LogP contribution is -2.55. The van der Waals surface area contributed by atoms with Gasteiger partial charge in [-0.3, -0.25) is 19.6 Å². The van der Waals surface area contributed by atoms with E-state index in [4.69, 9.17) is 21.3 Å². The molecule has 4 aromatic rings. The average molecular weight is 756 g/mol. The third kappa shape index (κ3) is 7.08. The van der Waals surface area contributed by atoms with Gasteiger partial charge in [0.2, 0.25) is 5.91 Å². The highest BCUT2D eigenvalue weighted by Gasteiger charge is 2.49. The third-order valence-electron chi connectivity index (χ3n) is 11.6. The second-order valence-corrected chi connectivity index (χ2v) is 15.4. The van der Waals surface area contributed by atoms with Crippen LogP contribution in [-0.2, 0) is 4.79 Å². The molecule has 282 valence electrons. The van der Waals surface area contributed by atoms with E-state index in [0.29, 0.717) is 66.3 Å². The smallest absolute Gasteiger partial charge is 0.319 e. The van der Waals surface area contributed by atoms with Crippen LogP contribution in [-0.4, -0.2) is 137 Å². The minimum Gasteiger partial charge on any atom is -0.461 e. The van der Waals surface area contributed by atoms with Crippen molar-refractivity contribution >= 4 is 45.0 Å². The number of nitrogens with zero attached hydrogens (tertiary/aromatic N) is 9. The molecule has 4 saturated heterocycles. The predicted octanol–water partition coefficient (Wildman–Crippen LogP) is 5.33. The van der Waals surface area contributed by atoms with Gasteiger partial charge in [-0.25, -0.2) is 8.78 Å². The maximum atomic E-state index is 16.9. The summed E-state index contributed by atoms with van der Waals surface area (Å²) < 4.78 is 37.9. The molecule has 0 N–H and O–H groups in total. The van der Waals surface area contributed by atoms with Crippen molar-refractivity contribution in [3.8, 4) is 23.3 Å². The number of benzene rings is 2. The normalized spacial score (nSPS) is 24.1. The summed E-state index contributed by atoms with van der Waals surface area (Å²) in [4.78, 5) is 38.0. The summed E-state index contributed by atoms with van der Waals surface area (Å²) in [5.74, 6) is -0.387. The minimum atomic E-state index is -0.932. The Bertz CT molecular complexity index is 2120. The molecule has 2 aromatic carbocycles.